The monoisotopic (exact) mass is 535 g/mol. The molecule has 3 aromatic carbocycles. The molecule has 6 nitrogen and oxygen atoms in total. The van der Waals surface area contributed by atoms with Crippen LogP contribution in [0.2, 0.25) is 0 Å². The van der Waals surface area contributed by atoms with Crippen LogP contribution in [0, 0.1) is 24.2 Å². The Labute approximate surface area is 224 Å². The van der Waals surface area contributed by atoms with Crippen LogP contribution in [0.4, 0.5) is 18.9 Å². The van der Waals surface area contributed by atoms with Gasteiger partial charge in [0.25, 0.3) is 11.8 Å². The van der Waals surface area contributed by atoms with Crippen molar-refractivity contribution in [2.24, 2.45) is 5.92 Å². The summed E-state index contributed by atoms with van der Waals surface area (Å²) in [5.74, 6) is -1.54. The third-order valence-electron chi connectivity index (χ3n) is 7.13. The number of nitrogens with zero attached hydrogens (tertiary/aromatic N) is 2. The number of hydrogen-bond acceptors (Lipinski definition) is 4. The van der Waals surface area contributed by atoms with Gasteiger partial charge in [-0.05, 0) is 55.7 Å². The van der Waals surface area contributed by atoms with Crippen molar-refractivity contribution < 1.29 is 27.9 Å². The number of aryl methyl sites for hydroxylation is 1. The Morgan fingerprint density at radius 2 is 1.72 bits per heavy atom. The summed E-state index contributed by atoms with van der Waals surface area (Å²) in [7, 11) is 0. The number of benzene rings is 3. The van der Waals surface area contributed by atoms with Crippen LogP contribution in [0.25, 0.3) is 0 Å². The number of nitriles is 1. The lowest BCUT2D eigenvalue weighted by molar-refractivity contribution is -0.142. The first-order valence-electron chi connectivity index (χ1n) is 12.6. The summed E-state index contributed by atoms with van der Waals surface area (Å²) in [6.45, 7) is 2.51. The van der Waals surface area contributed by atoms with Crippen LogP contribution in [0.15, 0.2) is 72.8 Å². The standard InChI is InChI=1S/C30H28F3N3O3/c1-20-6-5-7-21(16-20)18-29(39,24-12-14-36(15-13-24)27(37)22-8-3-2-4-9-22)28(38)35-25-11-10-23(19-34)26(17-25)30(31,32)33/h2-11,16-17,24,39H,12-15,18H2,1H3,(H,35,38). The third-order valence-corrected chi connectivity index (χ3v) is 7.13. The van der Waals surface area contributed by atoms with Gasteiger partial charge in [0.2, 0.25) is 0 Å². The highest BCUT2D eigenvalue weighted by Gasteiger charge is 2.46. The van der Waals surface area contributed by atoms with Crippen molar-refractivity contribution in [3.05, 3.63) is 101 Å². The number of amides is 2. The van der Waals surface area contributed by atoms with Crippen LogP contribution >= 0.6 is 0 Å². The number of hydrogen-bond donors (Lipinski definition) is 2. The molecule has 0 bridgehead atoms. The van der Waals surface area contributed by atoms with Gasteiger partial charge in [-0.1, -0.05) is 48.0 Å². The molecule has 2 amide bonds. The fraction of sp³-hybridized carbons (Fsp3) is 0.300. The maximum Gasteiger partial charge on any atom is 0.417 e. The van der Waals surface area contributed by atoms with Crippen molar-refractivity contribution in [1.82, 2.24) is 4.90 Å². The highest BCUT2D eigenvalue weighted by Crippen LogP contribution is 2.36. The lowest BCUT2D eigenvalue weighted by atomic mass is 9.75. The Kier molecular flexibility index (Phi) is 8.07. The number of carbonyl (C=O) groups excluding carboxylic acids is 2. The molecule has 1 heterocycles. The highest BCUT2D eigenvalue weighted by atomic mass is 19.4. The van der Waals surface area contributed by atoms with Gasteiger partial charge in [-0.25, -0.2) is 0 Å². The van der Waals surface area contributed by atoms with E-state index in [2.05, 4.69) is 5.32 Å². The summed E-state index contributed by atoms with van der Waals surface area (Å²) in [5, 5.41) is 23.4. The largest absolute Gasteiger partial charge is 0.417 e. The van der Waals surface area contributed by atoms with E-state index in [4.69, 9.17) is 5.26 Å². The molecule has 1 aliphatic rings. The summed E-state index contributed by atoms with van der Waals surface area (Å²) in [6, 6.07) is 20.5. The van der Waals surface area contributed by atoms with E-state index in [0.29, 0.717) is 43.1 Å². The van der Waals surface area contributed by atoms with Crippen LogP contribution < -0.4 is 5.32 Å². The van der Waals surface area contributed by atoms with Crippen molar-refractivity contribution in [3.63, 3.8) is 0 Å². The second-order valence-electron chi connectivity index (χ2n) is 9.85. The number of nitrogens with one attached hydrogen (secondary N) is 1. The zero-order valence-electron chi connectivity index (χ0n) is 21.3. The van der Waals surface area contributed by atoms with Crippen molar-refractivity contribution in [2.45, 2.75) is 38.0 Å². The van der Waals surface area contributed by atoms with Crippen LogP contribution in [0.1, 0.15) is 45.5 Å². The maximum atomic E-state index is 13.6. The molecular formula is C30H28F3N3O3. The molecule has 39 heavy (non-hydrogen) atoms. The number of alkyl halides is 3. The van der Waals surface area contributed by atoms with Gasteiger partial charge in [0.05, 0.1) is 17.2 Å². The fourth-order valence-electron chi connectivity index (χ4n) is 5.06. The number of halogens is 3. The lowest BCUT2D eigenvalue weighted by Gasteiger charge is -2.40. The molecule has 0 spiro atoms. The van der Waals surface area contributed by atoms with E-state index in [1.165, 1.54) is 12.1 Å². The quantitative estimate of drug-likeness (QED) is 0.445. The first-order chi connectivity index (χ1) is 18.5. The summed E-state index contributed by atoms with van der Waals surface area (Å²) >= 11 is 0. The molecule has 1 atom stereocenters. The second-order valence-corrected chi connectivity index (χ2v) is 9.85. The summed E-state index contributed by atoms with van der Waals surface area (Å²) < 4.78 is 40.4. The minimum Gasteiger partial charge on any atom is -0.379 e. The first kappa shape index (κ1) is 27.9. The number of anilines is 1. The predicted octanol–water partition coefficient (Wildman–Crippen LogP) is 5.35. The molecule has 1 unspecified atom stereocenters. The van der Waals surface area contributed by atoms with Gasteiger partial charge in [0, 0.05) is 36.7 Å². The molecule has 1 fully saturated rings. The molecule has 202 valence electrons. The van der Waals surface area contributed by atoms with Crippen LogP contribution in [-0.2, 0) is 17.4 Å². The van der Waals surface area contributed by atoms with Crippen molar-refractivity contribution in [3.8, 4) is 6.07 Å². The Hall–Kier alpha value is -4.16. The summed E-state index contributed by atoms with van der Waals surface area (Å²) in [6.07, 6.45) is -4.19. The molecule has 9 heteroatoms. The third kappa shape index (κ3) is 6.29. The van der Waals surface area contributed by atoms with Crippen molar-refractivity contribution >= 4 is 17.5 Å². The number of piperidine rings is 1. The lowest BCUT2D eigenvalue weighted by Crippen LogP contribution is -2.54. The zero-order valence-corrected chi connectivity index (χ0v) is 21.3. The minimum atomic E-state index is -4.79. The Balaban J connectivity index is 1.59. The van der Waals surface area contributed by atoms with Gasteiger partial charge in [0.15, 0.2) is 0 Å². The van der Waals surface area contributed by atoms with E-state index >= 15 is 0 Å². The molecule has 0 aromatic heterocycles. The van der Waals surface area contributed by atoms with Gasteiger partial charge < -0.3 is 15.3 Å². The van der Waals surface area contributed by atoms with Gasteiger partial charge in [-0.15, -0.1) is 0 Å². The van der Waals surface area contributed by atoms with Crippen LogP contribution in [-0.4, -0.2) is 40.5 Å². The van der Waals surface area contributed by atoms with Crippen molar-refractivity contribution in [1.29, 1.82) is 5.26 Å². The van der Waals surface area contributed by atoms with Gasteiger partial charge >= 0.3 is 6.18 Å². The molecule has 0 saturated carbocycles. The normalized spacial score (nSPS) is 15.7. The number of aliphatic hydroxyl groups is 1. The fourth-order valence-corrected chi connectivity index (χ4v) is 5.06. The Morgan fingerprint density at radius 3 is 2.33 bits per heavy atom. The SMILES string of the molecule is Cc1cccc(CC(O)(C(=O)Nc2ccc(C#N)c(C(F)(F)F)c2)C2CCN(C(=O)c3ccccc3)CC2)c1. The van der Waals surface area contributed by atoms with Crippen LogP contribution in [0.5, 0.6) is 0 Å². The summed E-state index contributed by atoms with van der Waals surface area (Å²) in [5.41, 5.74) is -1.69. The molecule has 1 saturated heterocycles. The van der Waals surface area contributed by atoms with Crippen LogP contribution in [0.3, 0.4) is 0 Å². The predicted molar refractivity (Wildman–Crippen MR) is 140 cm³/mol. The smallest absolute Gasteiger partial charge is 0.379 e. The topological polar surface area (TPSA) is 93.4 Å². The molecular weight excluding hydrogens is 507 g/mol. The van der Waals surface area contributed by atoms with Gasteiger partial charge in [-0.2, -0.15) is 18.4 Å². The van der Waals surface area contributed by atoms with E-state index in [1.54, 1.807) is 41.3 Å². The highest BCUT2D eigenvalue weighted by molar-refractivity contribution is 5.98. The van der Waals surface area contributed by atoms with E-state index in [0.717, 1.165) is 11.6 Å². The average molecular weight is 536 g/mol. The second kappa shape index (κ2) is 11.3. The molecule has 3 aromatic rings. The van der Waals surface area contributed by atoms with Gasteiger partial charge in [-0.3, -0.25) is 9.59 Å². The van der Waals surface area contributed by atoms with E-state index in [9.17, 15) is 27.9 Å². The van der Waals surface area contributed by atoms with E-state index in [1.807, 2.05) is 25.1 Å². The van der Waals surface area contributed by atoms with Gasteiger partial charge in [0.1, 0.15) is 5.60 Å². The Morgan fingerprint density at radius 1 is 1.03 bits per heavy atom. The maximum absolute atomic E-state index is 13.6. The Bertz CT molecular complexity index is 1390. The molecule has 1 aliphatic heterocycles. The van der Waals surface area contributed by atoms with E-state index in [-0.39, 0.29) is 18.0 Å². The molecule has 0 radical (unpaired) electrons. The summed E-state index contributed by atoms with van der Waals surface area (Å²) in [4.78, 5) is 28.2. The zero-order chi connectivity index (χ0) is 28.2. The number of carbonyl (C=O) groups is 2. The average Bonchev–Trinajstić information content (AvgIpc) is 2.92. The molecule has 2 N–H and O–H groups in total. The van der Waals surface area contributed by atoms with E-state index < -0.39 is 34.7 Å². The number of likely N-dealkylation sites (tertiary alicyclic amines) is 1. The van der Waals surface area contributed by atoms with Crippen molar-refractivity contribution in [2.75, 3.05) is 18.4 Å². The molecule has 4 rings (SSSR count). The number of rotatable bonds is 6. The molecule has 0 aliphatic carbocycles. The minimum absolute atomic E-state index is 0.0553. The first-order valence-corrected chi connectivity index (χ1v) is 12.6.